The van der Waals surface area contributed by atoms with Gasteiger partial charge in [0.05, 0.1) is 17.3 Å². The van der Waals surface area contributed by atoms with Gasteiger partial charge in [0.15, 0.2) is 9.84 Å². The molecule has 0 saturated heterocycles. The Morgan fingerprint density at radius 2 is 1.60 bits per heavy atom. The van der Waals surface area contributed by atoms with Crippen LogP contribution in [0.2, 0.25) is 0 Å². The highest BCUT2D eigenvalue weighted by Gasteiger charge is 2.28. The van der Waals surface area contributed by atoms with Gasteiger partial charge >= 0.3 is 5.97 Å². The van der Waals surface area contributed by atoms with Crippen molar-refractivity contribution in [3.05, 3.63) is 66.6 Å². The number of rotatable bonds is 9. The van der Waals surface area contributed by atoms with E-state index in [4.69, 9.17) is 4.74 Å². The van der Waals surface area contributed by atoms with Gasteiger partial charge in [-0.1, -0.05) is 36.4 Å². The zero-order valence-electron chi connectivity index (χ0n) is 14.1. The lowest BCUT2D eigenvalue weighted by atomic mass is 10.1. The van der Waals surface area contributed by atoms with Crippen LogP contribution in [0.15, 0.2) is 65.6 Å². The second-order valence-electron chi connectivity index (χ2n) is 5.44. The molecular formula is C19H22NO4S. The number of esters is 1. The summed E-state index contributed by atoms with van der Waals surface area (Å²) in [5.41, 5.74) is 0.914. The van der Waals surface area contributed by atoms with E-state index in [0.717, 1.165) is 5.69 Å². The average molecular weight is 360 g/mol. The molecule has 0 amide bonds. The Hall–Kier alpha value is -2.34. The van der Waals surface area contributed by atoms with E-state index >= 15 is 0 Å². The number of carbonyl (C=O) groups is 1. The topological polar surface area (TPSA) is 72.5 Å². The Balaban J connectivity index is 2.04. The predicted octanol–water partition coefficient (Wildman–Crippen LogP) is 3.10. The SMILES string of the molecule is CCOC(=O)[C](CCNc1ccccc1)CS(=O)(=O)c1ccccc1. The van der Waals surface area contributed by atoms with Crippen molar-refractivity contribution in [1.29, 1.82) is 0 Å². The Bertz CT molecular complexity index is 761. The number of hydrogen-bond donors (Lipinski definition) is 1. The van der Waals surface area contributed by atoms with Gasteiger partial charge in [0.2, 0.25) is 0 Å². The molecule has 6 heteroatoms. The number of nitrogens with one attached hydrogen (secondary N) is 1. The van der Waals surface area contributed by atoms with Crippen LogP contribution in [0.4, 0.5) is 5.69 Å². The van der Waals surface area contributed by atoms with Crippen LogP contribution in [0.3, 0.4) is 0 Å². The number of anilines is 1. The summed E-state index contributed by atoms with van der Waals surface area (Å²) in [6, 6.07) is 17.7. The van der Waals surface area contributed by atoms with Gasteiger partial charge < -0.3 is 10.1 Å². The summed E-state index contributed by atoms with van der Waals surface area (Å²) < 4.78 is 30.1. The fraction of sp³-hybridized carbons (Fsp3) is 0.263. The Morgan fingerprint density at radius 3 is 2.20 bits per heavy atom. The second kappa shape index (κ2) is 9.22. The molecule has 0 aliphatic heterocycles. The van der Waals surface area contributed by atoms with E-state index in [1.165, 1.54) is 12.1 Å². The second-order valence-corrected chi connectivity index (χ2v) is 7.43. The number of sulfone groups is 1. The standard InChI is InChI=1S/C19H22NO4S/c1-2-24-19(21)16(13-14-20-17-9-5-3-6-10-17)15-25(22,23)18-11-7-4-8-12-18/h3-12,20H,2,13-15H2,1H3. The van der Waals surface area contributed by atoms with Crippen molar-refractivity contribution in [3.63, 3.8) is 0 Å². The van der Waals surface area contributed by atoms with Crippen LogP contribution in [-0.4, -0.2) is 33.3 Å². The molecule has 0 aliphatic carbocycles. The van der Waals surface area contributed by atoms with Crippen molar-refractivity contribution in [2.24, 2.45) is 0 Å². The van der Waals surface area contributed by atoms with Crippen molar-refractivity contribution >= 4 is 21.5 Å². The van der Waals surface area contributed by atoms with Crippen molar-refractivity contribution in [2.45, 2.75) is 18.2 Å². The van der Waals surface area contributed by atoms with E-state index in [1.807, 2.05) is 30.3 Å². The van der Waals surface area contributed by atoms with Crippen molar-refractivity contribution in [3.8, 4) is 0 Å². The Kier molecular flexibility index (Phi) is 7.01. The number of hydrogen-bond acceptors (Lipinski definition) is 5. The third-order valence-electron chi connectivity index (χ3n) is 3.56. The summed E-state index contributed by atoms with van der Waals surface area (Å²) in [5.74, 6) is -0.655. The van der Waals surface area contributed by atoms with Gasteiger partial charge in [0.1, 0.15) is 5.92 Å². The summed E-state index contributed by atoms with van der Waals surface area (Å²) in [6.45, 7) is 2.35. The summed E-state index contributed by atoms with van der Waals surface area (Å²) in [5, 5.41) is 3.17. The fourth-order valence-electron chi connectivity index (χ4n) is 2.32. The minimum atomic E-state index is -3.58. The van der Waals surface area contributed by atoms with Gasteiger partial charge in [-0.05, 0) is 37.6 Å². The first kappa shape index (κ1) is 19.0. The maximum Gasteiger partial charge on any atom is 0.314 e. The lowest BCUT2D eigenvalue weighted by molar-refractivity contribution is -0.140. The quantitative estimate of drug-likeness (QED) is 0.696. The molecule has 0 aromatic heterocycles. The molecule has 2 rings (SSSR count). The van der Waals surface area contributed by atoms with Crippen LogP contribution >= 0.6 is 0 Å². The molecule has 1 radical (unpaired) electrons. The molecule has 0 bridgehead atoms. The van der Waals surface area contributed by atoms with E-state index in [2.05, 4.69) is 5.32 Å². The highest BCUT2D eigenvalue weighted by atomic mass is 32.2. The first-order valence-corrected chi connectivity index (χ1v) is 9.76. The van der Waals surface area contributed by atoms with Gasteiger partial charge in [0.25, 0.3) is 0 Å². The summed E-state index contributed by atoms with van der Waals surface area (Å²) in [4.78, 5) is 12.3. The molecule has 0 atom stereocenters. The lowest BCUT2D eigenvalue weighted by Gasteiger charge is -2.16. The Morgan fingerprint density at radius 1 is 1.00 bits per heavy atom. The summed E-state index contributed by atoms with van der Waals surface area (Å²) >= 11 is 0. The first-order chi connectivity index (χ1) is 12.0. The number of ether oxygens (including phenoxy) is 1. The van der Waals surface area contributed by atoms with Crippen LogP contribution in [-0.2, 0) is 19.4 Å². The van der Waals surface area contributed by atoms with Gasteiger partial charge in [-0.3, -0.25) is 4.79 Å². The third-order valence-corrected chi connectivity index (χ3v) is 5.28. The fourth-order valence-corrected chi connectivity index (χ4v) is 3.78. The molecule has 0 saturated carbocycles. The maximum atomic E-state index is 12.5. The molecule has 25 heavy (non-hydrogen) atoms. The summed E-state index contributed by atoms with van der Waals surface area (Å²) in [6.07, 6.45) is 0.291. The van der Waals surface area contributed by atoms with Gasteiger partial charge in [-0.25, -0.2) is 8.42 Å². The van der Waals surface area contributed by atoms with Crippen LogP contribution in [0, 0.1) is 5.92 Å². The molecule has 133 valence electrons. The monoisotopic (exact) mass is 360 g/mol. The van der Waals surface area contributed by atoms with Crippen molar-refractivity contribution in [2.75, 3.05) is 24.2 Å². The molecule has 5 nitrogen and oxygen atoms in total. The van der Waals surface area contributed by atoms with Gasteiger partial charge in [-0.2, -0.15) is 0 Å². The first-order valence-electron chi connectivity index (χ1n) is 8.11. The molecule has 2 aromatic rings. The number of benzene rings is 2. The summed E-state index contributed by atoms with van der Waals surface area (Å²) in [7, 11) is -3.58. The van der Waals surface area contributed by atoms with Gasteiger partial charge in [0, 0.05) is 12.2 Å². The smallest absolute Gasteiger partial charge is 0.314 e. The molecule has 0 aliphatic rings. The normalized spacial score (nSPS) is 11.3. The minimum Gasteiger partial charge on any atom is -0.466 e. The third kappa shape index (κ3) is 5.90. The molecule has 0 unspecified atom stereocenters. The van der Waals surface area contributed by atoms with E-state index in [-0.39, 0.29) is 23.2 Å². The molecule has 0 fully saturated rings. The highest BCUT2D eigenvalue weighted by molar-refractivity contribution is 7.91. The largest absolute Gasteiger partial charge is 0.466 e. The van der Waals surface area contributed by atoms with Crippen LogP contribution in [0.1, 0.15) is 13.3 Å². The van der Waals surface area contributed by atoms with E-state index in [0.29, 0.717) is 13.0 Å². The van der Waals surface area contributed by atoms with Crippen LogP contribution < -0.4 is 5.32 Å². The van der Waals surface area contributed by atoms with Crippen LogP contribution in [0.5, 0.6) is 0 Å². The van der Waals surface area contributed by atoms with Crippen LogP contribution in [0.25, 0.3) is 0 Å². The average Bonchev–Trinajstić information content (AvgIpc) is 2.62. The number of para-hydroxylation sites is 1. The highest BCUT2D eigenvalue weighted by Crippen LogP contribution is 2.19. The zero-order valence-corrected chi connectivity index (χ0v) is 15.0. The minimum absolute atomic E-state index is 0.202. The predicted molar refractivity (Wildman–Crippen MR) is 97.9 cm³/mol. The molecule has 0 heterocycles. The van der Waals surface area contributed by atoms with Crippen molar-refractivity contribution in [1.82, 2.24) is 0 Å². The molecular weight excluding hydrogens is 338 g/mol. The Labute approximate surface area is 148 Å². The van der Waals surface area contributed by atoms with Crippen molar-refractivity contribution < 1.29 is 17.9 Å². The van der Waals surface area contributed by atoms with E-state index in [1.54, 1.807) is 25.1 Å². The lowest BCUT2D eigenvalue weighted by Crippen LogP contribution is -2.26. The maximum absolute atomic E-state index is 12.5. The van der Waals surface area contributed by atoms with E-state index < -0.39 is 15.8 Å². The molecule has 1 N–H and O–H groups in total. The van der Waals surface area contributed by atoms with Gasteiger partial charge in [-0.15, -0.1) is 0 Å². The zero-order chi connectivity index (χ0) is 18.1. The number of carbonyl (C=O) groups excluding carboxylic acids is 1. The molecule has 2 aromatic carbocycles. The molecule has 0 spiro atoms. The van der Waals surface area contributed by atoms with E-state index in [9.17, 15) is 13.2 Å².